The molecule has 6 heterocycles. The number of imide groups is 1. The van der Waals surface area contributed by atoms with Gasteiger partial charge in [-0.15, -0.1) is 0 Å². The van der Waals surface area contributed by atoms with E-state index >= 15 is 13.2 Å². The Balaban J connectivity index is 0.753. The minimum atomic E-state index is -4.36. The second-order valence-electron chi connectivity index (χ2n) is 19.3. The highest BCUT2D eigenvalue weighted by Crippen LogP contribution is 2.52. The molecule has 0 bridgehead atoms. The number of halogens is 3. The summed E-state index contributed by atoms with van der Waals surface area (Å²) in [6, 6.07) is 9.14. The molecule has 3 saturated heterocycles. The molecule has 13 nitrogen and oxygen atoms in total. The number of carbonyl (C=O) groups is 3. The van der Waals surface area contributed by atoms with Crippen molar-refractivity contribution in [1.82, 2.24) is 29.6 Å². The topological polar surface area (TPSA) is 136 Å². The van der Waals surface area contributed by atoms with Gasteiger partial charge < -0.3 is 23.7 Å². The van der Waals surface area contributed by atoms with Crippen molar-refractivity contribution in [2.75, 3.05) is 40.4 Å². The van der Waals surface area contributed by atoms with Gasteiger partial charge in [0.25, 0.3) is 11.5 Å². The summed E-state index contributed by atoms with van der Waals surface area (Å²) in [6.07, 6.45) is 5.39. The van der Waals surface area contributed by atoms with E-state index in [1.54, 1.807) is 43.0 Å². The number of benzene rings is 2. The number of ether oxygens (including phenoxy) is 3. The summed E-state index contributed by atoms with van der Waals surface area (Å²) in [5.74, 6) is 0.626. The standard InChI is InChI=1S/C49H55F3N6O7/c1-55-26-37(35-21-39(28-4-5-28)53-24-36(35)46(55)61)31-18-41(63-2)38(42(19-31)64-3)27-56-14-10-29(11-15-56)44(49(50,51)52)57-16-12-48(13-17-57)22-33(23-48)65-32-7-6-30-25-58(47(62)34(30)20-32)40-8-9-43(59)54-45(40)60/h6-7,18-21,24,26,28-29,33,40,44H,4-5,8-17,22-23,25,27H2,1-3H3,(H,54,59,60). The zero-order chi connectivity index (χ0) is 45.4. The summed E-state index contributed by atoms with van der Waals surface area (Å²) < 4.78 is 64.8. The number of carbonyl (C=O) groups excluding carboxylic acids is 3. The molecule has 6 aliphatic rings. The largest absolute Gasteiger partial charge is 0.496 e. The van der Waals surface area contributed by atoms with Gasteiger partial charge in [-0.1, -0.05) is 6.07 Å². The predicted octanol–water partition coefficient (Wildman–Crippen LogP) is 6.72. The Morgan fingerprint density at radius 1 is 0.877 bits per heavy atom. The lowest BCUT2D eigenvalue weighted by atomic mass is 9.61. The first-order valence-electron chi connectivity index (χ1n) is 22.9. The molecule has 65 heavy (non-hydrogen) atoms. The van der Waals surface area contributed by atoms with Crippen LogP contribution in [0.25, 0.3) is 21.9 Å². The summed E-state index contributed by atoms with van der Waals surface area (Å²) >= 11 is 0. The van der Waals surface area contributed by atoms with Crippen molar-refractivity contribution in [3.63, 3.8) is 0 Å². The first-order chi connectivity index (χ1) is 31.2. The molecule has 3 amide bonds. The number of methoxy groups -OCH3 is 2. The van der Waals surface area contributed by atoms with Crippen LogP contribution in [0.5, 0.6) is 17.2 Å². The minimum Gasteiger partial charge on any atom is -0.496 e. The molecule has 2 aromatic heterocycles. The quantitative estimate of drug-likeness (QED) is 0.162. The van der Waals surface area contributed by atoms with Gasteiger partial charge in [0.2, 0.25) is 11.8 Å². The summed E-state index contributed by atoms with van der Waals surface area (Å²) in [7, 11) is 4.94. The Bertz CT molecular complexity index is 2580. The second-order valence-corrected chi connectivity index (χ2v) is 19.3. The fourth-order valence-corrected chi connectivity index (χ4v) is 11.4. The number of aryl methyl sites for hydroxylation is 1. The number of amides is 3. The van der Waals surface area contributed by atoms with Crippen molar-refractivity contribution in [3.8, 4) is 28.4 Å². The average Bonchev–Trinajstić information content (AvgIpc) is 4.08. The maximum atomic E-state index is 15.0. The van der Waals surface area contributed by atoms with Gasteiger partial charge in [0.05, 0.1) is 31.3 Å². The van der Waals surface area contributed by atoms with Gasteiger partial charge in [-0.25, -0.2) is 0 Å². The van der Waals surface area contributed by atoms with Crippen molar-refractivity contribution in [1.29, 1.82) is 0 Å². The van der Waals surface area contributed by atoms with Crippen LogP contribution in [0, 0.1) is 11.3 Å². The molecule has 5 fully saturated rings. The van der Waals surface area contributed by atoms with E-state index in [4.69, 9.17) is 14.2 Å². The summed E-state index contributed by atoms with van der Waals surface area (Å²) in [6.45, 7) is 2.52. The number of hydrogen-bond donors (Lipinski definition) is 1. The molecule has 1 N–H and O–H groups in total. The molecule has 16 heteroatoms. The van der Waals surface area contributed by atoms with Crippen molar-refractivity contribution in [2.24, 2.45) is 18.4 Å². The second kappa shape index (κ2) is 16.7. The van der Waals surface area contributed by atoms with E-state index in [0.29, 0.717) is 105 Å². The molecule has 1 spiro atoms. The van der Waals surface area contributed by atoms with Gasteiger partial charge in [-0.05, 0) is 142 Å². The fourth-order valence-electron chi connectivity index (χ4n) is 11.4. The molecule has 2 unspecified atom stereocenters. The average molecular weight is 897 g/mol. The number of nitrogens with one attached hydrogen (secondary N) is 1. The van der Waals surface area contributed by atoms with Gasteiger partial charge in [0.1, 0.15) is 29.3 Å². The monoisotopic (exact) mass is 896 g/mol. The number of rotatable bonds is 11. The third-order valence-electron chi connectivity index (χ3n) is 15.2. The third kappa shape index (κ3) is 8.25. The lowest BCUT2D eigenvalue weighted by molar-refractivity contribution is -0.210. The fraction of sp³-hybridized carbons (Fsp3) is 0.531. The molecular formula is C49H55F3N6O7. The molecule has 2 aromatic carbocycles. The van der Waals surface area contributed by atoms with Crippen LogP contribution < -0.4 is 25.1 Å². The number of pyridine rings is 2. The Morgan fingerprint density at radius 3 is 2.23 bits per heavy atom. The Hall–Kier alpha value is -5.48. The number of nitrogens with zero attached hydrogens (tertiary/aromatic N) is 5. The highest BCUT2D eigenvalue weighted by Gasteiger charge is 2.53. The zero-order valence-electron chi connectivity index (χ0n) is 37.0. The van der Waals surface area contributed by atoms with E-state index in [2.05, 4.69) is 15.2 Å². The molecule has 10 rings (SSSR count). The third-order valence-corrected chi connectivity index (χ3v) is 15.2. The number of fused-ring (bicyclic) bond motifs is 2. The molecule has 2 aliphatic carbocycles. The van der Waals surface area contributed by atoms with Gasteiger partial charge >= 0.3 is 6.18 Å². The van der Waals surface area contributed by atoms with E-state index in [1.165, 1.54) is 4.90 Å². The number of aromatic nitrogens is 2. The molecule has 344 valence electrons. The molecular weight excluding hydrogens is 842 g/mol. The van der Waals surface area contributed by atoms with Crippen LogP contribution in [0.1, 0.15) is 97.3 Å². The Morgan fingerprint density at radius 2 is 1.58 bits per heavy atom. The Labute approximate surface area is 375 Å². The molecule has 0 radical (unpaired) electrons. The van der Waals surface area contributed by atoms with Crippen molar-refractivity contribution in [2.45, 2.75) is 108 Å². The highest BCUT2D eigenvalue weighted by atomic mass is 19.4. The minimum absolute atomic E-state index is 0.0650. The van der Waals surface area contributed by atoms with Crippen LogP contribution in [-0.4, -0.2) is 107 Å². The van der Waals surface area contributed by atoms with Gasteiger partial charge in [-0.2, -0.15) is 13.2 Å². The summed E-state index contributed by atoms with van der Waals surface area (Å²) in [5, 5.41) is 3.69. The van der Waals surface area contributed by atoms with E-state index in [0.717, 1.165) is 59.0 Å². The lowest BCUT2D eigenvalue weighted by Gasteiger charge is -2.53. The zero-order valence-corrected chi connectivity index (χ0v) is 37.0. The van der Waals surface area contributed by atoms with E-state index in [1.807, 2.05) is 36.5 Å². The van der Waals surface area contributed by atoms with Crippen LogP contribution in [-0.2, 0) is 29.7 Å². The van der Waals surface area contributed by atoms with Gasteiger partial charge in [-0.3, -0.25) is 39.3 Å². The van der Waals surface area contributed by atoms with E-state index in [9.17, 15) is 19.2 Å². The molecule has 2 saturated carbocycles. The van der Waals surface area contributed by atoms with Crippen molar-refractivity contribution >= 4 is 28.5 Å². The van der Waals surface area contributed by atoms with Crippen molar-refractivity contribution in [3.05, 3.63) is 81.5 Å². The maximum Gasteiger partial charge on any atom is 0.404 e. The number of piperidine rings is 3. The molecule has 4 aromatic rings. The van der Waals surface area contributed by atoms with Crippen molar-refractivity contribution < 1.29 is 41.8 Å². The van der Waals surface area contributed by atoms with Crippen LogP contribution >= 0.6 is 0 Å². The Kier molecular flexibility index (Phi) is 11.2. The lowest BCUT2D eigenvalue weighted by Crippen LogP contribution is -2.58. The highest BCUT2D eigenvalue weighted by molar-refractivity contribution is 6.05. The van der Waals surface area contributed by atoms with Crippen LogP contribution in [0.2, 0.25) is 0 Å². The maximum absolute atomic E-state index is 15.0. The normalized spacial score (nSPS) is 22.5. The van der Waals surface area contributed by atoms with Crippen LogP contribution in [0.4, 0.5) is 13.2 Å². The number of alkyl halides is 3. The first-order valence-corrected chi connectivity index (χ1v) is 22.9. The smallest absolute Gasteiger partial charge is 0.404 e. The first kappa shape index (κ1) is 43.4. The molecule has 4 aliphatic heterocycles. The summed E-state index contributed by atoms with van der Waals surface area (Å²) in [4.78, 5) is 60.5. The predicted molar refractivity (Wildman–Crippen MR) is 235 cm³/mol. The van der Waals surface area contributed by atoms with Crippen LogP contribution in [0.3, 0.4) is 0 Å². The van der Waals surface area contributed by atoms with E-state index in [-0.39, 0.29) is 35.3 Å². The molecule has 2 atom stereocenters. The number of likely N-dealkylation sites (tertiary alicyclic amines) is 2. The van der Waals surface area contributed by atoms with Gasteiger partial charge in [0, 0.05) is 61.7 Å². The van der Waals surface area contributed by atoms with Crippen LogP contribution in [0.15, 0.2) is 53.6 Å². The van der Waals surface area contributed by atoms with E-state index < -0.39 is 30.1 Å². The number of hydrogen-bond acceptors (Lipinski definition) is 10. The summed E-state index contributed by atoms with van der Waals surface area (Å²) in [5.41, 5.74) is 4.60. The van der Waals surface area contributed by atoms with Gasteiger partial charge in [0.15, 0.2) is 0 Å². The SMILES string of the molecule is COc1cc(-c2cn(C)c(=O)c3cnc(C4CC4)cc23)cc(OC)c1CN1CCC(C(N2CCC3(CC2)CC(Oc2ccc4c(c2)C(=O)N(C2CCC(=O)NC2=O)C4)C3)C(F)(F)F)CC1.